The Labute approximate surface area is 118 Å². The summed E-state index contributed by atoms with van der Waals surface area (Å²) in [5.41, 5.74) is 6.47. The Morgan fingerprint density at radius 2 is 2.28 bits per heavy atom. The van der Waals surface area contributed by atoms with E-state index in [1.807, 2.05) is 24.3 Å². The molecule has 0 bridgehead atoms. The lowest BCUT2D eigenvalue weighted by Crippen LogP contribution is -2.41. The molecule has 0 radical (unpaired) electrons. The molecule has 1 rings (SSSR count). The second-order valence-corrected chi connectivity index (χ2v) is 4.07. The molecule has 0 fully saturated rings. The Kier molecular flexibility index (Phi) is 8.75. The van der Waals surface area contributed by atoms with Gasteiger partial charge in [0.15, 0.2) is 0 Å². The summed E-state index contributed by atoms with van der Waals surface area (Å²) in [7, 11) is 1.47. The second kappa shape index (κ2) is 9.16. The zero-order valence-corrected chi connectivity index (χ0v) is 11.8. The number of methoxy groups -OCH3 is 1. The Bertz CT molecular complexity index is 371. The van der Waals surface area contributed by atoms with Crippen molar-refractivity contribution in [2.75, 3.05) is 20.2 Å². The molecule has 0 aliphatic carbocycles. The van der Waals surface area contributed by atoms with E-state index in [2.05, 4.69) is 5.32 Å². The molecule has 0 heterocycles. The van der Waals surface area contributed by atoms with E-state index in [4.69, 9.17) is 22.1 Å². The molecule has 0 aliphatic rings. The van der Waals surface area contributed by atoms with Crippen molar-refractivity contribution in [3.05, 3.63) is 34.9 Å². The molecule has 3 N–H and O–H groups in total. The van der Waals surface area contributed by atoms with Crippen LogP contribution in [-0.2, 0) is 16.0 Å². The Hall–Kier alpha value is -0.810. The van der Waals surface area contributed by atoms with Crippen molar-refractivity contribution in [3.63, 3.8) is 0 Å². The maximum absolute atomic E-state index is 11.5. The molecule has 18 heavy (non-hydrogen) atoms. The summed E-state index contributed by atoms with van der Waals surface area (Å²) < 4.78 is 4.92. The summed E-state index contributed by atoms with van der Waals surface area (Å²) in [6, 6.07) is 7.55. The van der Waals surface area contributed by atoms with Gasteiger partial charge < -0.3 is 15.8 Å². The molecule has 1 aromatic carbocycles. The summed E-state index contributed by atoms with van der Waals surface area (Å²) in [5.74, 6) is -0.183. The molecule has 102 valence electrons. The Morgan fingerprint density at radius 3 is 2.83 bits per heavy atom. The highest BCUT2D eigenvalue weighted by Crippen LogP contribution is 2.10. The zero-order chi connectivity index (χ0) is 12.7. The van der Waals surface area contributed by atoms with Crippen LogP contribution in [0.2, 0.25) is 5.02 Å². The van der Waals surface area contributed by atoms with Gasteiger partial charge in [-0.25, -0.2) is 0 Å². The van der Waals surface area contributed by atoms with E-state index in [0.717, 1.165) is 12.0 Å². The van der Waals surface area contributed by atoms with Crippen LogP contribution in [0, 0.1) is 0 Å². The number of benzene rings is 1. The van der Waals surface area contributed by atoms with Crippen LogP contribution in [0.1, 0.15) is 5.56 Å². The first-order valence-corrected chi connectivity index (χ1v) is 5.80. The third-order valence-corrected chi connectivity index (χ3v) is 2.63. The topological polar surface area (TPSA) is 64.3 Å². The van der Waals surface area contributed by atoms with Crippen LogP contribution in [0.5, 0.6) is 0 Å². The molecule has 1 atom stereocenters. The van der Waals surface area contributed by atoms with E-state index >= 15 is 0 Å². The summed E-state index contributed by atoms with van der Waals surface area (Å²) >= 11 is 5.86. The maximum atomic E-state index is 11.5. The Balaban J connectivity index is 0.00000289. The van der Waals surface area contributed by atoms with Crippen molar-refractivity contribution in [2.24, 2.45) is 5.73 Å². The van der Waals surface area contributed by atoms with Crippen molar-refractivity contribution in [1.82, 2.24) is 5.32 Å². The van der Waals surface area contributed by atoms with Gasteiger partial charge in [0.1, 0.15) is 6.10 Å². The SMILES string of the molecule is COC(CN)C(=O)NCCc1cccc(Cl)c1.Cl. The van der Waals surface area contributed by atoms with Crippen LogP contribution in [-0.4, -0.2) is 32.2 Å². The van der Waals surface area contributed by atoms with E-state index in [1.54, 1.807) is 0 Å². The van der Waals surface area contributed by atoms with Gasteiger partial charge in [-0.2, -0.15) is 0 Å². The van der Waals surface area contributed by atoms with E-state index in [-0.39, 0.29) is 24.9 Å². The normalized spacial score (nSPS) is 11.5. The van der Waals surface area contributed by atoms with Gasteiger partial charge in [-0.15, -0.1) is 12.4 Å². The number of halogens is 2. The monoisotopic (exact) mass is 292 g/mol. The minimum Gasteiger partial charge on any atom is -0.370 e. The van der Waals surface area contributed by atoms with Gasteiger partial charge in [0.25, 0.3) is 0 Å². The first-order chi connectivity index (χ1) is 8.17. The van der Waals surface area contributed by atoms with Crippen LogP contribution in [0.3, 0.4) is 0 Å². The fourth-order valence-electron chi connectivity index (χ4n) is 1.45. The first-order valence-electron chi connectivity index (χ1n) is 5.42. The maximum Gasteiger partial charge on any atom is 0.250 e. The summed E-state index contributed by atoms with van der Waals surface area (Å²) in [6.45, 7) is 0.721. The molecule has 1 unspecified atom stereocenters. The third-order valence-electron chi connectivity index (χ3n) is 2.39. The second-order valence-electron chi connectivity index (χ2n) is 3.63. The minimum atomic E-state index is -0.575. The molecule has 4 nitrogen and oxygen atoms in total. The molecule has 0 aliphatic heterocycles. The van der Waals surface area contributed by atoms with E-state index < -0.39 is 6.10 Å². The average molecular weight is 293 g/mol. The van der Waals surface area contributed by atoms with Crippen molar-refractivity contribution in [2.45, 2.75) is 12.5 Å². The number of nitrogens with two attached hydrogens (primary N) is 1. The van der Waals surface area contributed by atoms with Crippen LogP contribution in [0.4, 0.5) is 0 Å². The largest absolute Gasteiger partial charge is 0.370 e. The standard InChI is InChI=1S/C12H17ClN2O2.ClH/c1-17-11(8-14)12(16)15-6-5-9-3-2-4-10(13)7-9;/h2-4,7,11H,5-6,8,14H2,1H3,(H,15,16);1H. The zero-order valence-electron chi connectivity index (χ0n) is 10.2. The van der Waals surface area contributed by atoms with Crippen molar-refractivity contribution in [3.8, 4) is 0 Å². The number of hydrogen-bond acceptors (Lipinski definition) is 3. The number of nitrogens with one attached hydrogen (secondary N) is 1. The molecular weight excluding hydrogens is 275 g/mol. The predicted octanol–water partition coefficient (Wildman–Crippen LogP) is 1.39. The van der Waals surface area contributed by atoms with Gasteiger partial charge in [-0.3, -0.25) is 4.79 Å². The fraction of sp³-hybridized carbons (Fsp3) is 0.417. The first kappa shape index (κ1) is 17.2. The molecule has 6 heteroatoms. The van der Waals surface area contributed by atoms with Crippen molar-refractivity contribution in [1.29, 1.82) is 0 Å². The summed E-state index contributed by atoms with van der Waals surface area (Å²) in [4.78, 5) is 11.5. The lowest BCUT2D eigenvalue weighted by atomic mass is 10.1. The molecule has 1 amide bonds. The van der Waals surface area contributed by atoms with Crippen molar-refractivity contribution >= 4 is 29.9 Å². The highest BCUT2D eigenvalue weighted by Gasteiger charge is 2.14. The molecule has 0 saturated carbocycles. The lowest BCUT2D eigenvalue weighted by Gasteiger charge is -2.12. The highest BCUT2D eigenvalue weighted by atomic mass is 35.5. The lowest BCUT2D eigenvalue weighted by molar-refractivity contribution is -0.130. The van der Waals surface area contributed by atoms with E-state index in [0.29, 0.717) is 11.6 Å². The molecule has 0 aromatic heterocycles. The number of ether oxygens (including phenoxy) is 1. The van der Waals surface area contributed by atoms with Gasteiger partial charge in [-0.05, 0) is 24.1 Å². The van der Waals surface area contributed by atoms with Crippen LogP contribution in [0.15, 0.2) is 24.3 Å². The number of carbonyl (C=O) groups excluding carboxylic acids is 1. The average Bonchev–Trinajstić information content (AvgIpc) is 2.30. The Morgan fingerprint density at radius 1 is 1.56 bits per heavy atom. The van der Waals surface area contributed by atoms with Gasteiger partial charge in [-0.1, -0.05) is 23.7 Å². The van der Waals surface area contributed by atoms with E-state index in [9.17, 15) is 4.79 Å². The number of carbonyl (C=O) groups is 1. The van der Waals surface area contributed by atoms with Gasteiger partial charge >= 0.3 is 0 Å². The van der Waals surface area contributed by atoms with Crippen LogP contribution >= 0.6 is 24.0 Å². The fourth-order valence-corrected chi connectivity index (χ4v) is 1.66. The van der Waals surface area contributed by atoms with Gasteiger partial charge in [0.2, 0.25) is 5.91 Å². The molecule has 0 spiro atoms. The minimum absolute atomic E-state index is 0. The predicted molar refractivity (Wildman–Crippen MR) is 75.3 cm³/mol. The quantitative estimate of drug-likeness (QED) is 0.833. The molecule has 1 aromatic rings. The summed E-state index contributed by atoms with van der Waals surface area (Å²) in [5, 5.41) is 3.47. The number of hydrogen-bond donors (Lipinski definition) is 2. The van der Waals surface area contributed by atoms with Gasteiger partial charge in [0, 0.05) is 25.2 Å². The van der Waals surface area contributed by atoms with Gasteiger partial charge in [0.05, 0.1) is 0 Å². The number of amides is 1. The smallest absolute Gasteiger partial charge is 0.250 e. The number of rotatable bonds is 6. The van der Waals surface area contributed by atoms with Crippen LogP contribution in [0.25, 0.3) is 0 Å². The van der Waals surface area contributed by atoms with Crippen molar-refractivity contribution < 1.29 is 9.53 Å². The van der Waals surface area contributed by atoms with E-state index in [1.165, 1.54) is 7.11 Å². The molecular formula is C12H18Cl2N2O2. The summed E-state index contributed by atoms with van der Waals surface area (Å²) in [6.07, 6.45) is 0.155. The third kappa shape index (κ3) is 5.69. The van der Waals surface area contributed by atoms with Crippen LogP contribution < -0.4 is 11.1 Å². The highest BCUT2D eigenvalue weighted by molar-refractivity contribution is 6.30. The molecule has 0 saturated heterocycles.